The number of methoxy groups -OCH3 is 1. The molecule has 2 N–H and O–H groups in total. The number of para-hydroxylation sites is 1. The van der Waals surface area contributed by atoms with Crippen molar-refractivity contribution in [1.29, 1.82) is 5.26 Å². The molecule has 1 atom stereocenters. The van der Waals surface area contributed by atoms with Crippen LogP contribution in [0.4, 0.5) is 0 Å². The molecule has 0 spiro atoms. The highest BCUT2D eigenvalue weighted by Gasteiger charge is 2.12. The van der Waals surface area contributed by atoms with Gasteiger partial charge in [-0.2, -0.15) is 5.26 Å². The Balaban J connectivity index is 2.47. The maximum atomic E-state index is 11.8. The molecule has 1 aromatic rings. The molecule has 0 aliphatic carbocycles. The molecule has 114 valence electrons. The molecule has 0 heterocycles. The molecule has 0 radical (unpaired) electrons. The van der Waals surface area contributed by atoms with E-state index in [0.29, 0.717) is 25.4 Å². The van der Waals surface area contributed by atoms with Gasteiger partial charge in [-0.25, -0.2) is 0 Å². The number of nitrogens with one attached hydrogen (secondary N) is 2. The maximum absolute atomic E-state index is 11.8. The number of hydrogen-bond acceptors (Lipinski definition) is 5. The molecule has 1 aromatic carbocycles. The summed E-state index contributed by atoms with van der Waals surface area (Å²) in [7, 11) is 1.59. The van der Waals surface area contributed by atoms with Crippen molar-refractivity contribution in [1.82, 2.24) is 10.6 Å². The monoisotopic (exact) mass is 291 g/mol. The average Bonchev–Trinajstić information content (AvgIpc) is 2.51. The zero-order valence-corrected chi connectivity index (χ0v) is 12.4. The van der Waals surface area contributed by atoms with E-state index >= 15 is 0 Å². The van der Waals surface area contributed by atoms with Crippen LogP contribution in [0, 0.1) is 11.3 Å². The average molecular weight is 291 g/mol. The summed E-state index contributed by atoms with van der Waals surface area (Å²) in [5, 5.41) is 14.5. The Hall–Kier alpha value is -2.10. The molecular weight excluding hydrogens is 270 g/mol. The summed E-state index contributed by atoms with van der Waals surface area (Å²) in [4.78, 5) is 11.8. The normalized spacial score (nSPS) is 11.5. The third-order valence-corrected chi connectivity index (χ3v) is 2.86. The van der Waals surface area contributed by atoms with Crippen molar-refractivity contribution >= 4 is 5.91 Å². The molecule has 1 unspecified atom stereocenters. The zero-order chi connectivity index (χ0) is 15.5. The molecular formula is C15H21N3O3. The fourth-order valence-corrected chi connectivity index (χ4v) is 1.69. The van der Waals surface area contributed by atoms with Gasteiger partial charge in [0, 0.05) is 25.8 Å². The first-order chi connectivity index (χ1) is 10.2. The lowest BCUT2D eigenvalue weighted by Crippen LogP contribution is -2.42. The Morgan fingerprint density at radius 1 is 1.43 bits per heavy atom. The molecule has 0 fully saturated rings. The van der Waals surface area contributed by atoms with Crippen molar-refractivity contribution in [3.8, 4) is 11.8 Å². The molecule has 0 aromatic heterocycles. The fourth-order valence-electron chi connectivity index (χ4n) is 1.69. The number of rotatable bonds is 9. The van der Waals surface area contributed by atoms with Gasteiger partial charge in [0.25, 0.3) is 0 Å². The first-order valence-corrected chi connectivity index (χ1v) is 6.76. The van der Waals surface area contributed by atoms with Gasteiger partial charge in [-0.1, -0.05) is 18.2 Å². The number of carbonyl (C=O) groups is 1. The number of hydrogen-bond donors (Lipinski definition) is 2. The Labute approximate surface area is 125 Å². The largest absolute Gasteiger partial charge is 0.478 e. The second-order valence-electron chi connectivity index (χ2n) is 4.44. The van der Waals surface area contributed by atoms with Crippen molar-refractivity contribution in [3.63, 3.8) is 0 Å². The summed E-state index contributed by atoms with van der Waals surface area (Å²) in [6.45, 7) is 3.26. The van der Waals surface area contributed by atoms with Gasteiger partial charge in [0.1, 0.15) is 11.8 Å². The number of amides is 1. The lowest BCUT2D eigenvalue weighted by Gasteiger charge is -2.15. The van der Waals surface area contributed by atoms with Crippen LogP contribution in [0.2, 0.25) is 0 Å². The minimum atomic E-state index is -0.328. The van der Waals surface area contributed by atoms with Crippen LogP contribution in [0.5, 0.6) is 5.75 Å². The Morgan fingerprint density at radius 2 is 2.19 bits per heavy atom. The van der Waals surface area contributed by atoms with Gasteiger partial charge < -0.3 is 20.1 Å². The van der Waals surface area contributed by atoms with Crippen molar-refractivity contribution in [3.05, 3.63) is 29.8 Å². The van der Waals surface area contributed by atoms with Crippen LogP contribution in [-0.4, -0.2) is 38.8 Å². The lowest BCUT2D eigenvalue weighted by atomic mass is 10.2. The van der Waals surface area contributed by atoms with Gasteiger partial charge in [-0.05, 0) is 13.0 Å². The number of benzene rings is 1. The molecule has 0 saturated carbocycles. The zero-order valence-electron chi connectivity index (χ0n) is 12.4. The van der Waals surface area contributed by atoms with E-state index in [1.807, 2.05) is 24.3 Å². The maximum Gasteiger partial charge on any atom is 0.236 e. The van der Waals surface area contributed by atoms with Crippen molar-refractivity contribution in [2.45, 2.75) is 19.5 Å². The van der Waals surface area contributed by atoms with Crippen LogP contribution < -0.4 is 15.4 Å². The van der Waals surface area contributed by atoms with Crippen molar-refractivity contribution in [2.24, 2.45) is 0 Å². The number of nitriles is 1. The molecule has 0 aliphatic rings. The van der Waals surface area contributed by atoms with Crippen molar-refractivity contribution < 1.29 is 14.3 Å². The van der Waals surface area contributed by atoms with Crippen LogP contribution in [-0.2, 0) is 16.1 Å². The summed E-state index contributed by atoms with van der Waals surface area (Å²) < 4.78 is 10.2. The number of carbonyl (C=O) groups excluding carboxylic acids is 1. The molecule has 6 nitrogen and oxygen atoms in total. The van der Waals surface area contributed by atoms with Crippen LogP contribution in [0.1, 0.15) is 12.5 Å². The van der Waals surface area contributed by atoms with Gasteiger partial charge in [-0.15, -0.1) is 0 Å². The van der Waals surface area contributed by atoms with Crippen LogP contribution >= 0.6 is 0 Å². The summed E-state index contributed by atoms with van der Waals surface area (Å²) >= 11 is 0. The summed E-state index contributed by atoms with van der Waals surface area (Å²) in [5.74, 6) is 0.570. The first kappa shape index (κ1) is 17.0. The number of nitrogens with zero attached hydrogens (tertiary/aromatic N) is 1. The van der Waals surface area contributed by atoms with E-state index in [-0.39, 0.29) is 18.6 Å². The van der Waals surface area contributed by atoms with E-state index in [2.05, 4.69) is 10.6 Å². The molecule has 21 heavy (non-hydrogen) atoms. The van der Waals surface area contributed by atoms with E-state index in [1.165, 1.54) is 0 Å². The van der Waals surface area contributed by atoms with Gasteiger partial charge in [0.15, 0.2) is 6.61 Å². The van der Waals surface area contributed by atoms with Gasteiger partial charge >= 0.3 is 0 Å². The molecule has 0 bridgehead atoms. The van der Waals surface area contributed by atoms with Gasteiger partial charge in [-0.3, -0.25) is 4.79 Å². The number of ether oxygens (including phenoxy) is 2. The van der Waals surface area contributed by atoms with E-state index < -0.39 is 0 Å². The van der Waals surface area contributed by atoms with Gasteiger partial charge in [0.05, 0.1) is 12.6 Å². The highest BCUT2D eigenvalue weighted by Crippen LogP contribution is 2.17. The third-order valence-electron chi connectivity index (χ3n) is 2.86. The Kier molecular flexibility index (Phi) is 7.87. The van der Waals surface area contributed by atoms with Crippen LogP contribution in [0.25, 0.3) is 0 Å². The van der Waals surface area contributed by atoms with E-state index in [0.717, 1.165) is 5.56 Å². The topological polar surface area (TPSA) is 83.4 Å². The van der Waals surface area contributed by atoms with E-state index in [9.17, 15) is 4.79 Å². The predicted molar refractivity (Wildman–Crippen MR) is 78.7 cm³/mol. The van der Waals surface area contributed by atoms with Crippen LogP contribution in [0.3, 0.4) is 0 Å². The highest BCUT2D eigenvalue weighted by atomic mass is 16.5. The summed E-state index contributed by atoms with van der Waals surface area (Å²) in [6.07, 6.45) is 0. The first-order valence-electron chi connectivity index (χ1n) is 6.76. The Morgan fingerprint density at radius 3 is 2.90 bits per heavy atom. The second-order valence-corrected chi connectivity index (χ2v) is 4.44. The van der Waals surface area contributed by atoms with E-state index in [1.54, 1.807) is 20.1 Å². The highest BCUT2D eigenvalue weighted by molar-refractivity contribution is 5.81. The molecule has 6 heteroatoms. The third kappa shape index (κ3) is 6.25. The smallest absolute Gasteiger partial charge is 0.236 e. The minimum Gasteiger partial charge on any atom is -0.478 e. The molecule has 0 saturated heterocycles. The SMILES string of the molecule is COCCNC(=O)C(C)NCc1ccccc1OCC#N. The van der Waals surface area contributed by atoms with Crippen LogP contribution in [0.15, 0.2) is 24.3 Å². The summed E-state index contributed by atoms with van der Waals surface area (Å²) in [5.41, 5.74) is 0.907. The fraction of sp³-hybridized carbons (Fsp3) is 0.467. The van der Waals surface area contributed by atoms with Crippen molar-refractivity contribution in [2.75, 3.05) is 26.9 Å². The standard InChI is InChI=1S/C15H21N3O3/c1-12(15(19)17-8-10-20-2)18-11-13-5-3-4-6-14(13)21-9-7-16/h3-6,12,18H,8-11H2,1-2H3,(H,17,19). The quantitative estimate of drug-likeness (QED) is 0.658. The lowest BCUT2D eigenvalue weighted by molar-refractivity contribution is -0.122. The molecule has 1 amide bonds. The second kappa shape index (κ2) is 9.75. The predicted octanol–water partition coefficient (Wildman–Crippen LogP) is 0.830. The molecule has 1 rings (SSSR count). The summed E-state index contributed by atoms with van der Waals surface area (Å²) in [6, 6.07) is 9.04. The Bertz CT molecular complexity index is 485. The minimum absolute atomic E-state index is 0.00404. The van der Waals surface area contributed by atoms with E-state index in [4.69, 9.17) is 14.7 Å². The molecule has 0 aliphatic heterocycles. The van der Waals surface area contributed by atoms with Gasteiger partial charge in [0.2, 0.25) is 5.91 Å².